The Morgan fingerprint density at radius 2 is 1.31 bits per heavy atom. The summed E-state index contributed by atoms with van der Waals surface area (Å²) in [6, 6.07) is 17.4. The molecular formula is C24H28N4O5S2. The fourth-order valence-electron chi connectivity index (χ4n) is 3.29. The molecule has 0 bridgehead atoms. The lowest BCUT2D eigenvalue weighted by Crippen LogP contribution is -2.37. The minimum atomic E-state index is -3.81. The van der Waals surface area contributed by atoms with Crippen LogP contribution in [0.25, 0.3) is 0 Å². The molecule has 0 fully saturated rings. The van der Waals surface area contributed by atoms with Gasteiger partial charge in [0.1, 0.15) is 0 Å². The summed E-state index contributed by atoms with van der Waals surface area (Å²) in [6.07, 6.45) is 0. The van der Waals surface area contributed by atoms with E-state index in [0.29, 0.717) is 22.6 Å². The van der Waals surface area contributed by atoms with Crippen molar-refractivity contribution in [3.8, 4) is 0 Å². The first kappa shape index (κ1) is 26.2. The first-order chi connectivity index (χ1) is 16.3. The van der Waals surface area contributed by atoms with Gasteiger partial charge in [-0.25, -0.2) is 8.42 Å². The number of amides is 1. The number of hydrogen-bond acceptors (Lipinski definition) is 5. The lowest BCUT2D eigenvalue weighted by molar-refractivity contribution is 0.102. The van der Waals surface area contributed by atoms with Gasteiger partial charge in [0.25, 0.3) is 15.9 Å². The molecule has 0 spiro atoms. The zero-order chi connectivity index (χ0) is 26.0. The average Bonchev–Trinajstić information content (AvgIpc) is 2.81. The van der Waals surface area contributed by atoms with Crippen LogP contribution in [0.2, 0.25) is 0 Å². The number of para-hydroxylation sites is 1. The van der Waals surface area contributed by atoms with Gasteiger partial charge in [0, 0.05) is 32.4 Å². The number of anilines is 3. The van der Waals surface area contributed by atoms with E-state index in [2.05, 4.69) is 10.0 Å². The Bertz CT molecular complexity index is 1410. The Balaban J connectivity index is 1.71. The minimum Gasteiger partial charge on any atom is -0.322 e. The van der Waals surface area contributed by atoms with Gasteiger partial charge in [-0.15, -0.1) is 0 Å². The average molecular weight is 517 g/mol. The first-order valence-electron chi connectivity index (χ1n) is 10.6. The van der Waals surface area contributed by atoms with Gasteiger partial charge in [-0.05, 0) is 73.5 Å². The molecule has 0 aliphatic rings. The van der Waals surface area contributed by atoms with E-state index in [4.69, 9.17) is 0 Å². The van der Waals surface area contributed by atoms with Crippen LogP contribution in [0.1, 0.15) is 21.5 Å². The quantitative estimate of drug-likeness (QED) is 0.475. The van der Waals surface area contributed by atoms with Crippen molar-refractivity contribution < 1.29 is 21.6 Å². The van der Waals surface area contributed by atoms with Gasteiger partial charge in [-0.1, -0.05) is 18.2 Å². The smallest absolute Gasteiger partial charge is 0.303 e. The third-order valence-electron chi connectivity index (χ3n) is 5.44. The van der Waals surface area contributed by atoms with Crippen LogP contribution in [0, 0.1) is 13.8 Å². The molecule has 186 valence electrons. The van der Waals surface area contributed by atoms with E-state index in [1.54, 1.807) is 0 Å². The molecule has 11 heteroatoms. The van der Waals surface area contributed by atoms with Gasteiger partial charge < -0.3 is 5.32 Å². The highest BCUT2D eigenvalue weighted by Gasteiger charge is 2.21. The summed E-state index contributed by atoms with van der Waals surface area (Å²) in [5, 5.41) is 2.71. The molecule has 0 radical (unpaired) electrons. The van der Waals surface area contributed by atoms with Gasteiger partial charge in [0.05, 0.1) is 16.3 Å². The number of benzene rings is 3. The van der Waals surface area contributed by atoms with Crippen molar-refractivity contribution >= 4 is 43.2 Å². The molecular weight excluding hydrogens is 488 g/mol. The van der Waals surface area contributed by atoms with Gasteiger partial charge >= 0.3 is 10.2 Å². The molecule has 3 rings (SSSR count). The number of nitrogens with one attached hydrogen (secondary N) is 2. The number of carbonyl (C=O) groups excluding carboxylic acids is 1. The summed E-state index contributed by atoms with van der Waals surface area (Å²) in [4.78, 5) is 12.7. The van der Waals surface area contributed by atoms with E-state index in [1.807, 2.05) is 32.0 Å². The molecule has 0 atom stereocenters. The largest absolute Gasteiger partial charge is 0.322 e. The summed E-state index contributed by atoms with van der Waals surface area (Å²) in [7, 11) is -3.15. The second-order valence-corrected chi connectivity index (χ2v) is 12.0. The third-order valence-corrected chi connectivity index (χ3v) is 8.63. The zero-order valence-electron chi connectivity index (χ0n) is 20.1. The van der Waals surface area contributed by atoms with Crippen LogP contribution in [0.3, 0.4) is 0 Å². The Morgan fingerprint density at radius 1 is 0.771 bits per heavy atom. The molecule has 1 amide bonds. The minimum absolute atomic E-state index is 0.0626. The maximum atomic E-state index is 12.8. The second kappa shape index (κ2) is 10.1. The fraction of sp³-hybridized carbons (Fsp3) is 0.208. The highest BCUT2D eigenvalue weighted by molar-refractivity contribution is 7.92. The van der Waals surface area contributed by atoms with Crippen molar-refractivity contribution in [2.45, 2.75) is 18.7 Å². The number of carbonyl (C=O) groups is 1. The van der Waals surface area contributed by atoms with Crippen LogP contribution >= 0.6 is 0 Å². The molecule has 0 aromatic heterocycles. The number of nitrogens with zero attached hydrogens (tertiary/aromatic N) is 2. The van der Waals surface area contributed by atoms with Crippen molar-refractivity contribution in [3.63, 3.8) is 0 Å². The number of rotatable bonds is 8. The fourth-order valence-corrected chi connectivity index (χ4v) is 5.37. The summed E-state index contributed by atoms with van der Waals surface area (Å²) >= 11 is 0. The van der Waals surface area contributed by atoms with Gasteiger partial charge in [-0.2, -0.15) is 12.7 Å². The second-order valence-electron chi connectivity index (χ2n) is 8.16. The number of hydrogen-bond donors (Lipinski definition) is 2. The summed E-state index contributed by atoms with van der Waals surface area (Å²) in [6.45, 7) is 3.66. The predicted molar refractivity (Wildman–Crippen MR) is 139 cm³/mol. The highest BCUT2D eigenvalue weighted by atomic mass is 32.2. The molecule has 3 aromatic rings. The standard InChI is InChI=1S/C24H28N4O5S2/c1-17-7-6-8-18(2)23(17)26-34(30,31)22-15-11-20(12-16-22)25-24(29)19-9-13-21(14-10-19)28(5)35(32,33)27(3)4/h6-16,26H,1-5H3,(H,25,29). The Kier molecular flexibility index (Phi) is 7.53. The molecule has 0 aliphatic carbocycles. The summed E-state index contributed by atoms with van der Waals surface area (Å²) in [5.41, 5.74) is 3.30. The maximum absolute atomic E-state index is 12.8. The van der Waals surface area contributed by atoms with Crippen LogP contribution in [0.5, 0.6) is 0 Å². The van der Waals surface area contributed by atoms with Gasteiger partial charge in [-0.3, -0.25) is 13.8 Å². The lowest BCUT2D eigenvalue weighted by atomic mass is 10.1. The van der Waals surface area contributed by atoms with Crippen LogP contribution in [0.15, 0.2) is 71.6 Å². The molecule has 0 saturated heterocycles. The monoisotopic (exact) mass is 516 g/mol. The predicted octanol–water partition coefficient (Wildman–Crippen LogP) is 3.60. The molecule has 0 heterocycles. The van der Waals surface area contributed by atoms with Crippen molar-refractivity contribution in [2.75, 3.05) is 35.5 Å². The molecule has 35 heavy (non-hydrogen) atoms. The third kappa shape index (κ3) is 5.81. The van der Waals surface area contributed by atoms with E-state index in [9.17, 15) is 21.6 Å². The zero-order valence-corrected chi connectivity index (χ0v) is 21.7. The maximum Gasteiger partial charge on any atom is 0.303 e. The van der Waals surface area contributed by atoms with Crippen LogP contribution in [0.4, 0.5) is 17.1 Å². The SMILES string of the molecule is Cc1cccc(C)c1NS(=O)(=O)c1ccc(NC(=O)c2ccc(N(C)S(=O)(=O)N(C)C)cc2)cc1. The van der Waals surface area contributed by atoms with Gasteiger partial charge in [0.15, 0.2) is 0 Å². The van der Waals surface area contributed by atoms with Crippen LogP contribution in [-0.4, -0.2) is 48.2 Å². The molecule has 9 nitrogen and oxygen atoms in total. The van der Waals surface area contributed by atoms with E-state index in [1.165, 1.54) is 69.7 Å². The van der Waals surface area contributed by atoms with Crippen molar-refractivity contribution in [2.24, 2.45) is 0 Å². The van der Waals surface area contributed by atoms with E-state index >= 15 is 0 Å². The highest BCUT2D eigenvalue weighted by Crippen LogP contribution is 2.24. The summed E-state index contributed by atoms with van der Waals surface area (Å²) in [5.74, 6) is -0.418. The molecule has 0 saturated carbocycles. The molecule has 3 aromatic carbocycles. The van der Waals surface area contributed by atoms with E-state index in [-0.39, 0.29) is 4.90 Å². The van der Waals surface area contributed by atoms with Crippen LogP contribution in [-0.2, 0) is 20.2 Å². The Hall–Kier alpha value is -3.41. The topological polar surface area (TPSA) is 116 Å². The molecule has 0 unspecified atom stereocenters. The van der Waals surface area contributed by atoms with Crippen molar-refractivity contribution in [1.29, 1.82) is 0 Å². The van der Waals surface area contributed by atoms with Crippen molar-refractivity contribution in [3.05, 3.63) is 83.4 Å². The van der Waals surface area contributed by atoms with E-state index in [0.717, 1.165) is 19.7 Å². The lowest BCUT2D eigenvalue weighted by Gasteiger charge is -2.23. The number of aryl methyl sites for hydroxylation is 2. The van der Waals surface area contributed by atoms with Gasteiger partial charge in [0.2, 0.25) is 0 Å². The Labute approximate surface area is 206 Å². The van der Waals surface area contributed by atoms with Crippen LogP contribution < -0.4 is 14.3 Å². The number of sulfonamides is 1. The first-order valence-corrected chi connectivity index (χ1v) is 13.5. The molecule has 0 aliphatic heterocycles. The van der Waals surface area contributed by atoms with Crippen molar-refractivity contribution in [1.82, 2.24) is 4.31 Å². The molecule has 2 N–H and O–H groups in total. The van der Waals surface area contributed by atoms with E-state index < -0.39 is 26.1 Å². The summed E-state index contributed by atoms with van der Waals surface area (Å²) < 4.78 is 55.0. The Morgan fingerprint density at radius 3 is 1.83 bits per heavy atom. The normalized spacial score (nSPS) is 11.8.